The van der Waals surface area contributed by atoms with Gasteiger partial charge in [-0.2, -0.15) is 0 Å². The third kappa shape index (κ3) is 18.1. The van der Waals surface area contributed by atoms with Crippen LogP contribution < -0.4 is 5.73 Å². The van der Waals surface area contributed by atoms with Crippen LogP contribution in [-0.2, 0) is 0 Å². The lowest BCUT2D eigenvalue weighted by molar-refractivity contribution is -0.384. The van der Waals surface area contributed by atoms with Crippen LogP contribution in [0.3, 0.4) is 0 Å². The van der Waals surface area contributed by atoms with Crippen molar-refractivity contribution < 1.29 is 4.92 Å². The van der Waals surface area contributed by atoms with E-state index in [0.29, 0.717) is 0 Å². The lowest BCUT2D eigenvalue weighted by Crippen LogP contribution is -1.86. The van der Waals surface area contributed by atoms with Crippen molar-refractivity contribution in [3.8, 4) is 0 Å². The van der Waals surface area contributed by atoms with Gasteiger partial charge in [-0.25, -0.2) is 0 Å². The third-order valence-corrected chi connectivity index (χ3v) is 2.25. The molecular weight excluding hydrogens is 875 g/mol. The van der Waals surface area contributed by atoms with Gasteiger partial charge >= 0.3 is 0 Å². The number of nitro groups is 1. The van der Waals surface area contributed by atoms with Crippen LogP contribution in [-0.4, -0.2) is 4.86 Å². The van der Waals surface area contributed by atoms with E-state index >= 15 is 0 Å². The summed E-state index contributed by atoms with van der Waals surface area (Å²) < 4.78 is 0.743. The molecule has 4 nitrogen and oxygen atoms in total. The highest BCUT2D eigenvalue weighted by atomic mass is 128. The van der Waals surface area contributed by atoms with E-state index in [0.717, 1.165) is 11.2 Å². The lowest BCUT2D eigenvalue weighted by Gasteiger charge is -1.91. The summed E-state index contributed by atoms with van der Waals surface area (Å²) in [5.41, 5.74) is 8.57. The minimum absolute atomic E-state index is 0.153. The first-order chi connectivity index (χ1) is 11.2. The van der Waals surface area contributed by atoms with Crippen LogP contribution in [0, 0.1) is 24.0 Å². The van der Waals surface area contributed by atoms with E-state index in [1.54, 1.807) is 12.1 Å². The molecule has 9 heteroatoms. The van der Waals surface area contributed by atoms with E-state index in [9.17, 15) is 10.1 Å². The van der Waals surface area contributed by atoms with Gasteiger partial charge in [-0.3, -0.25) is 10.1 Å². The number of alkyl halides is 3. The number of hydrogen-bond acceptors (Lipinski definition) is 3. The normalized spacial score (nSPS) is 8.67. The van der Waals surface area contributed by atoms with Gasteiger partial charge in [-0.1, -0.05) is 92.0 Å². The number of non-ortho nitro benzene ring substituents is 1. The fourth-order valence-electron chi connectivity index (χ4n) is 1.41. The molecule has 0 radical (unpaired) electrons. The highest BCUT2D eigenvalue weighted by Gasteiger charge is 2.01. The van der Waals surface area contributed by atoms with E-state index in [1.807, 2.05) is 44.2 Å². The van der Waals surface area contributed by atoms with Gasteiger partial charge < -0.3 is 5.73 Å². The van der Waals surface area contributed by atoms with Gasteiger partial charge in [0.2, 0.25) is 0 Å². The van der Waals surface area contributed by atoms with Crippen molar-refractivity contribution in [1.29, 1.82) is 0 Å². The van der Waals surface area contributed by atoms with Crippen LogP contribution in [0.15, 0.2) is 48.5 Å². The average Bonchev–Trinajstić information content (AvgIpc) is 2.49. The minimum atomic E-state index is -0.396. The number of nitrogens with zero attached hydrogens (tertiary/aromatic N) is 1. The van der Waals surface area contributed by atoms with E-state index in [2.05, 4.69) is 105 Å². The van der Waals surface area contributed by atoms with Crippen molar-refractivity contribution in [3.05, 3.63) is 69.8 Å². The predicted molar refractivity (Wildman–Crippen MR) is 147 cm³/mol. The van der Waals surface area contributed by atoms with Crippen molar-refractivity contribution in [1.82, 2.24) is 0 Å². The van der Waals surface area contributed by atoms with Crippen LogP contribution >= 0.6 is 105 Å². The van der Waals surface area contributed by atoms with Gasteiger partial charge in [-0.05, 0) is 37.1 Å². The summed E-state index contributed by atoms with van der Waals surface area (Å²) in [5, 5.41) is 10.2. The molecule has 0 spiro atoms. The maximum atomic E-state index is 10.2. The summed E-state index contributed by atoms with van der Waals surface area (Å²) in [6.07, 6.45) is 0. The molecule has 0 saturated carbocycles. The summed E-state index contributed by atoms with van der Waals surface area (Å²) in [5.74, 6) is 0. The Bertz CT molecular complexity index is 578. The number of rotatable bonds is 1. The standard InChI is InChI=1S/C7H7NO2.C7H9N.CHI3.I2/c1-6-3-2-4-7(5-6)8(9)10;1-6-3-2-4-7(8)5-6;2-1(3)4;1-2/h2-5H,1H3;2-5H,8H2,1H3;1H;. The molecule has 0 heterocycles. The monoisotopic (exact) mass is 892 g/mol. The average molecular weight is 892 g/mol. The summed E-state index contributed by atoms with van der Waals surface area (Å²) in [6.45, 7) is 3.85. The number of nitrogen functional groups attached to an aromatic ring is 1. The largest absolute Gasteiger partial charge is 0.399 e. The number of halogens is 5. The Morgan fingerprint density at radius 1 is 0.958 bits per heavy atom. The molecule has 24 heavy (non-hydrogen) atoms. The van der Waals surface area contributed by atoms with E-state index < -0.39 is 4.92 Å². The molecule has 134 valence electrons. The van der Waals surface area contributed by atoms with Gasteiger partial charge in [0.1, 0.15) is -0.0619 Å². The van der Waals surface area contributed by atoms with E-state index in [4.69, 9.17) is 5.73 Å². The van der Waals surface area contributed by atoms with Crippen molar-refractivity contribution in [2.75, 3.05) is 5.73 Å². The Labute approximate surface area is 207 Å². The summed E-state index contributed by atoms with van der Waals surface area (Å²) >= 11 is 11.2. The fraction of sp³-hybridized carbons (Fsp3) is 0.200. The zero-order valence-corrected chi connectivity index (χ0v) is 23.7. The molecule has 0 aliphatic heterocycles. The molecule has 2 aromatic rings. The van der Waals surface area contributed by atoms with Crippen molar-refractivity contribution in [2.45, 2.75) is 13.8 Å². The number of hydrogen-bond donors (Lipinski definition) is 1. The van der Waals surface area contributed by atoms with Crippen LogP contribution in [0.4, 0.5) is 11.4 Å². The number of benzene rings is 2. The van der Waals surface area contributed by atoms with Crippen LogP contribution in [0.1, 0.15) is 11.1 Å². The number of nitro benzene ring substituents is 1. The van der Waals surface area contributed by atoms with Gasteiger partial charge in [0.05, 0.1) is 4.92 Å². The quantitative estimate of drug-likeness (QED) is 0.105. The highest BCUT2D eigenvalue weighted by molar-refractivity contribution is 15.0. The molecule has 2 aromatic carbocycles. The van der Waals surface area contributed by atoms with Crippen molar-refractivity contribution in [2.24, 2.45) is 0 Å². The highest BCUT2D eigenvalue weighted by Crippen LogP contribution is 2.16. The number of nitrogens with two attached hydrogens (primary N) is 1. The molecule has 0 amide bonds. The Morgan fingerprint density at radius 3 is 1.62 bits per heavy atom. The number of aryl methyl sites for hydroxylation is 2. The first kappa shape index (κ1) is 27.5. The van der Waals surface area contributed by atoms with Gasteiger partial charge in [0.25, 0.3) is 5.69 Å². The molecule has 2 rings (SSSR count). The summed E-state index contributed by atoms with van der Waals surface area (Å²) in [6, 6.07) is 14.3. The Morgan fingerprint density at radius 2 is 1.38 bits per heavy atom. The zero-order chi connectivity index (χ0) is 19.1. The molecular formula is C15H17I5N2O2. The van der Waals surface area contributed by atoms with Gasteiger partial charge in [0, 0.05) is 55.1 Å². The third-order valence-electron chi connectivity index (χ3n) is 2.25. The second-order valence-corrected chi connectivity index (χ2v) is 15.1. The smallest absolute Gasteiger partial charge is 0.269 e. The molecule has 0 aliphatic rings. The molecule has 0 fully saturated rings. The first-order valence-corrected chi connectivity index (χ1v) is 16.3. The Balaban J connectivity index is 0. The molecule has 0 aliphatic carbocycles. The Kier molecular flexibility index (Phi) is 20.3. The second-order valence-electron chi connectivity index (χ2n) is 4.26. The van der Waals surface area contributed by atoms with Crippen molar-refractivity contribution >= 4 is 116 Å². The molecule has 0 aromatic heterocycles. The minimum Gasteiger partial charge on any atom is -0.399 e. The van der Waals surface area contributed by atoms with Gasteiger partial charge in [0.15, 0.2) is 0 Å². The maximum Gasteiger partial charge on any atom is 0.269 e. The van der Waals surface area contributed by atoms with Crippen LogP contribution in [0.2, 0.25) is 0 Å². The first-order valence-electron chi connectivity index (χ1n) is 6.32. The molecule has 0 atom stereocenters. The number of anilines is 1. The second kappa shape index (κ2) is 17.7. The summed E-state index contributed by atoms with van der Waals surface area (Å²) in [4.78, 5) is 9.76. The molecule has 0 saturated heterocycles. The molecule has 0 bridgehead atoms. The summed E-state index contributed by atoms with van der Waals surface area (Å²) in [7, 11) is 0. The SMILES string of the molecule is Cc1cccc(N)c1.Cc1cccc([N+](=O)[O-])c1.IC(I)I.II. The predicted octanol–water partition coefficient (Wildman–Crippen LogP) is 7.83. The van der Waals surface area contributed by atoms with Gasteiger partial charge in [-0.15, -0.1) is 0 Å². The van der Waals surface area contributed by atoms with Crippen LogP contribution in [0.5, 0.6) is 0 Å². The topological polar surface area (TPSA) is 69.2 Å². The molecule has 2 N–H and O–H groups in total. The lowest BCUT2D eigenvalue weighted by atomic mass is 10.2. The van der Waals surface area contributed by atoms with E-state index in [-0.39, 0.29) is 5.69 Å². The van der Waals surface area contributed by atoms with Crippen molar-refractivity contribution in [3.63, 3.8) is 0 Å². The maximum absolute atomic E-state index is 10.2. The Hall–Kier alpha value is 1.29. The zero-order valence-electron chi connectivity index (χ0n) is 12.9. The van der Waals surface area contributed by atoms with E-state index in [1.165, 1.54) is 11.6 Å². The fourth-order valence-corrected chi connectivity index (χ4v) is 1.41. The molecule has 0 unspecified atom stereocenters. The van der Waals surface area contributed by atoms with Crippen LogP contribution in [0.25, 0.3) is 0 Å².